The zero-order valence-electron chi connectivity index (χ0n) is 24.7. The van der Waals surface area contributed by atoms with Gasteiger partial charge in [0.15, 0.2) is 5.60 Å². The van der Waals surface area contributed by atoms with E-state index in [-0.39, 0.29) is 37.4 Å². The van der Waals surface area contributed by atoms with Crippen LogP contribution in [0.2, 0.25) is 5.02 Å². The topological polar surface area (TPSA) is 119 Å². The molecule has 3 aromatic rings. The molecule has 5 rings (SSSR count). The Morgan fingerprint density at radius 3 is 2.66 bits per heavy atom. The first-order chi connectivity index (χ1) is 21.1. The molecule has 0 saturated carbocycles. The molecule has 10 heteroatoms. The minimum Gasteiger partial charge on any atom is -0.497 e. The van der Waals surface area contributed by atoms with Crippen molar-refractivity contribution in [2.75, 3.05) is 30.5 Å². The number of likely N-dealkylation sites (tertiary alicyclic amines) is 1. The molecule has 3 amide bonds. The molecule has 3 atom stereocenters. The van der Waals surface area contributed by atoms with Gasteiger partial charge >= 0.3 is 0 Å². The molecule has 0 aromatic heterocycles. The fourth-order valence-electron chi connectivity index (χ4n) is 5.94. The lowest BCUT2D eigenvalue weighted by Crippen LogP contribution is -2.44. The van der Waals surface area contributed by atoms with Gasteiger partial charge in [0.05, 0.1) is 32.0 Å². The van der Waals surface area contributed by atoms with Crippen LogP contribution in [0.25, 0.3) is 0 Å². The molecule has 44 heavy (non-hydrogen) atoms. The van der Waals surface area contributed by atoms with Crippen molar-refractivity contribution in [3.8, 4) is 5.75 Å². The van der Waals surface area contributed by atoms with E-state index in [1.165, 1.54) is 4.90 Å². The highest BCUT2D eigenvalue weighted by Gasteiger charge is 2.52. The maximum atomic E-state index is 13.9. The van der Waals surface area contributed by atoms with E-state index in [4.69, 9.17) is 16.3 Å². The summed E-state index contributed by atoms with van der Waals surface area (Å²) >= 11 is 6.32. The van der Waals surface area contributed by atoms with Crippen LogP contribution in [0.4, 0.5) is 11.4 Å². The molecule has 1 fully saturated rings. The molecule has 230 valence electrons. The second kappa shape index (κ2) is 13.2. The standard InChI is InChI=1S/C34H36ClN3O6/c1-22(6-3-10-31(40)37-17-5-9-27(37)21-39)34(43)29-19-25(35)13-16-30(29)38(33(34)42)20-23-7-4-8-26(18-23)36-32(41)24-11-14-28(44-2)15-12-24/h3-4,6-8,11-16,18-19,22,27,39,43H,5,9-10,17,20-21H2,1-2H3,(H,36,41)/b6-3+/t22-,27-,34+/m0/s1. The van der Waals surface area contributed by atoms with E-state index in [2.05, 4.69) is 5.32 Å². The number of hydrogen-bond acceptors (Lipinski definition) is 6. The molecular weight excluding hydrogens is 582 g/mol. The number of carbonyl (C=O) groups is 3. The largest absolute Gasteiger partial charge is 0.497 e. The van der Waals surface area contributed by atoms with Gasteiger partial charge in [-0.25, -0.2) is 0 Å². The quantitative estimate of drug-likeness (QED) is 0.279. The Morgan fingerprint density at radius 1 is 1.16 bits per heavy atom. The molecule has 0 radical (unpaired) electrons. The van der Waals surface area contributed by atoms with Crippen molar-refractivity contribution >= 4 is 40.7 Å². The number of benzene rings is 3. The van der Waals surface area contributed by atoms with Crippen LogP contribution in [-0.2, 0) is 21.7 Å². The molecule has 0 bridgehead atoms. The molecule has 0 spiro atoms. The molecule has 2 aliphatic heterocycles. The van der Waals surface area contributed by atoms with Crippen molar-refractivity contribution in [1.82, 2.24) is 4.90 Å². The SMILES string of the molecule is COc1ccc(C(=O)Nc2cccc(CN3C(=O)[C@@](O)([C@@H](C)/C=C/CC(=O)N4CCC[C@H]4CO)c4cc(Cl)ccc43)c2)cc1. The Balaban J connectivity index is 1.32. The fourth-order valence-corrected chi connectivity index (χ4v) is 6.11. The summed E-state index contributed by atoms with van der Waals surface area (Å²) in [5, 5.41) is 24.8. The molecule has 1 saturated heterocycles. The highest BCUT2D eigenvalue weighted by atomic mass is 35.5. The summed E-state index contributed by atoms with van der Waals surface area (Å²) in [6, 6.07) is 18.8. The lowest BCUT2D eigenvalue weighted by Gasteiger charge is -2.28. The van der Waals surface area contributed by atoms with Crippen molar-refractivity contribution in [2.45, 2.75) is 44.4 Å². The number of nitrogens with zero attached hydrogens (tertiary/aromatic N) is 2. The number of methoxy groups -OCH3 is 1. The van der Waals surface area contributed by atoms with Gasteiger partial charge in [-0.15, -0.1) is 0 Å². The second-order valence-corrected chi connectivity index (χ2v) is 11.6. The van der Waals surface area contributed by atoms with Gasteiger partial charge in [-0.3, -0.25) is 14.4 Å². The number of anilines is 2. The van der Waals surface area contributed by atoms with Crippen molar-refractivity contribution in [3.63, 3.8) is 0 Å². The maximum absolute atomic E-state index is 13.9. The average Bonchev–Trinajstić information content (AvgIpc) is 3.59. The molecular formula is C34H36ClN3O6. The van der Waals surface area contributed by atoms with Crippen LogP contribution in [0.15, 0.2) is 78.9 Å². The Bertz CT molecular complexity index is 1580. The number of hydrogen-bond donors (Lipinski definition) is 3. The zero-order chi connectivity index (χ0) is 31.4. The predicted molar refractivity (Wildman–Crippen MR) is 169 cm³/mol. The van der Waals surface area contributed by atoms with Gasteiger partial charge in [0.25, 0.3) is 11.8 Å². The van der Waals surface area contributed by atoms with Crippen LogP contribution in [0.3, 0.4) is 0 Å². The number of aliphatic hydroxyl groups is 2. The van der Waals surface area contributed by atoms with Gasteiger partial charge < -0.3 is 30.1 Å². The summed E-state index contributed by atoms with van der Waals surface area (Å²) in [5.41, 5.74) is 0.800. The maximum Gasteiger partial charge on any atom is 0.264 e. The van der Waals surface area contributed by atoms with E-state index in [0.29, 0.717) is 39.8 Å². The highest BCUT2D eigenvalue weighted by molar-refractivity contribution is 6.31. The number of halogens is 1. The summed E-state index contributed by atoms with van der Waals surface area (Å²) in [6.07, 6.45) is 5.10. The number of nitrogens with one attached hydrogen (secondary N) is 1. The van der Waals surface area contributed by atoms with Crippen LogP contribution in [0.1, 0.15) is 47.7 Å². The first kappa shape index (κ1) is 31.3. The Kier molecular flexibility index (Phi) is 9.39. The summed E-state index contributed by atoms with van der Waals surface area (Å²) < 4.78 is 5.16. The Morgan fingerprint density at radius 2 is 1.93 bits per heavy atom. The van der Waals surface area contributed by atoms with Crippen LogP contribution in [-0.4, -0.2) is 59.1 Å². The van der Waals surface area contributed by atoms with Gasteiger partial charge in [-0.05, 0) is 73.0 Å². The van der Waals surface area contributed by atoms with E-state index in [1.807, 2.05) is 6.07 Å². The third-order valence-electron chi connectivity index (χ3n) is 8.39. The monoisotopic (exact) mass is 617 g/mol. The van der Waals surface area contributed by atoms with E-state index in [0.717, 1.165) is 18.4 Å². The van der Waals surface area contributed by atoms with Gasteiger partial charge in [-0.2, -0.15) is 0 Å². The van der Waals surface area contributed by atoms with Crippen LogP contribution in [0, 0.1) is 5.92 Å². The number of aliphatic hydroxyl groups excluding tert-OH is 1. The first-order valence-corrected chi connectivity index (χ1v) is 15.0. The van der Waals surface area contributed by atoms with Gasteiger partial charge in [0, 0.05) is 40.7 Å². The summed E-state index contributed by atoms with van der Waals surface area (Å²) in [6.45, 7) is 2.43. The molecule has 2 heterocycles. The van der Waals surface area contributed by atoms with Crippen molar-refractivity contribution in [1.29, 1.82) is 0 Å². The molecule has 0 aliphatic carbocycles. The molecule has 0 unspecified atom stereocenters. The second-order valence-electron chi connectivity index (χ2n) is 11.2. The highest BCUT2D eigenvalue weighted by Crippen LogP contribution is 2.46. The van der Waals surface area contributed by atoms with Crippen molar-refractivity contribution in [2.24, 2.45) is 5.92 Å². The lowest BCUT2D eigenvalue weighted by atomic mass is 9.83. The average molecular weight is 618 g/mol. The van der Waals surface area contributed by atoms with Crippen LogP contribution in [0.5, 0.6) is 5.75 Å². The number of ether oxygens (including phenoxy) is 1. The lowest BCUT2D eigenvalue weighted by molar-refractivity contribution is -0.139. The number of fused-ring (bicyclic) bond motifs is 1. The molecule has 3 aromatic carbocycles. The molecule has 3 N–H and O–H groups in total. The minimum absolute atomic E-state index is 0.0641. The van der Waals surface area contributed by atoms with E-state index < -0.39 is 17.4 Å². The van der Waals surface area contributed by atoms with Gasteiger partial charge in [0.2, 0.25) is 5.91 Å². The van der Waals surface area contributed by atoms with Gasteiger partial charge in [0.1, 0.15) is 5.75 Å². The van der Waals surface area contributed by atoms with Crippen molar-refractivity contribution < 1.29 is 29.3 Å². The van der Waals surface area contributed by atoms with E-state index in [1.54, 1.807) is 91.7 Å². The Hall–Kier alpha value is -4.18. The summed E-state index contributed by atoms with van der Waals surface area (Å²) in [4.78, 5) is 42.7. The molecule has 9 nitrogen and oxygen atoms in total. The number of carbonyl (C=O) groups excluding carboxylic acids is 3. The van der Waals surface area contributed by atoms with Crippen LogP contribution < -0.4 is 15.0 Å². The van der Waals surface area contributed by atoms with E-state index >= 15 is 0 Å². The fraction of sp³-hybridized carbons (Fsp3) is 0.324. The third-order valence-corrected chi connectivity index (χ3v) is 8.63. The van der Waals surface area contributed by atoms with Crippen molar-refractivity contribution in [3.05, 3.63) is 101 Å². The predicted octanol–water partition coefficient (Wildman–Crippen LogP) is 4.90. The van der Waals surface area contributed by atoms with Gasteiger partial charge in [-0.1, -0.05) is 42.8 Å². The summed E-state index contributed by atoms with van der Waals surface area (Å²) in [5.74, 6) is -0.916. The number of rotatable bonds is 10. The molecule has 2 aliphatic rings. The Labute approximate surface area is 261 Å². The summed E-state index contributed by atoms with van der Waals surface area (Å²) in [7, 11) is 1.56. The van der Waals surface area contributed by atoms with E-state index in [9.17, 15) is 24.6 Å². The van der Waals surface area contributed by atoms with Crippen LogP contribution >= 0.6 is 11.6 Å². The smallest absolute Gasteiger partial charge is 0.264 e. The number of amides is 3. The zero-order valence-corrected chi connectivity index (χ0v) is 25.5. The minimum atomic E-state index is -1.90. The third kappa shape index (κ3) is 6.22. The first-order valence-electron chi connectivity index (χ1n) is 14.6. The normalized spacial score (nSPS) is 20.2.